The Balaban J connectivity index is 2.72. The maximum absolute atomic E-state index is 11.6. The van der Waals surface area contributed by atoms with Gasteiger partial charge in [-0.3, -0.25) is 4.79 Å². The highest BCUT2D eigenvalue weighted by Gasteiger charge is 2.17. The first-order valence-corrected chi connectivity index (χ1v) is 6.47. The van der Waals surface area contributed by atoms with Crippen molar-refractivity contribution in [3.63, 3.8) is 0 Å². The van der Waals surface area contributed by atoms with Crippen molar-refractivity contribution in [2.45, 2.75) is 12.5 Å². The van der Waals surface area contributed by atoms with E-state index in [4.69, 9.17) is 33.4 Å². The molecule has 7 heteroatoms. The van der Waals surface area contributed by atoms with Crippen LogP contribution in [-0.2, 0) is 9.59 Å². The van der Waals surface area contributed by atoms with E-state index in [1.807, 2.05) is 0 Å². The van der Waals surface area contributed by atoms with Gasteiger partial charge in [0.2, 0.25) is 5.91 Å². The van der Waals surface area contributed by atoms with Crippen LogP contribution in [0.4, 0.5) is 0 Å². The third-order valence-corrected chi connectivity index (χ3v) is 2.98. The van der Waals surface area contributed by atoms with Crippen LogP contribution in [0.5, 0.6) is 0 Å². The third kappa shape index (κ3) is 5.21. The topological polar surface area (TPSA) is 86.6 Å². The Morgan fingerprint density at radius 1 is 1.35 bits per heavy atom. The molecular weight excluding hydrogens is 305 g/mol. The van der Waals surface area contributed by atoms with Crippen molar-refractivity contribution in [2.75, 3.05) is 6.61 Å². The van der Waals surface area contributed by atoms with Crippen LogP contribution in [0.15, 0.2) is 24.3 Å². The van der Waals surface area contributed by atoms with Crippen molar-refractivity contribution >= 4 is 41.2 Å². The van der Waals surface area contributed by atoms with Gasteiger partial charge in [-0.15, -0.1) is 0 Å². The van der Waals surface area contributed by atoms with E-state index in [9.17, 15) is 9.59 Å². The number of nitrogens with one attached hydrogen (secondary N) is 1. The Kier molecular flexibility index (Phi) is 6.51. The molecule has 0 spiro atoms. The molecule has 0 fully saturated rings. The number of carboxylic acids is 1. The number of benzene rings is 1. The zero-order chi connectivity index (χ0) is 15.1. The van der Waals surface area contributed by atoms with Crippen molar-refractivity contribution in [3.05, 3.63) is 39.9 Å². The maximum Gasteiger partial charge on any atom is 0.326 e. The van der Waals surface area contributed by atoms with Crippen LogP contribution in [0, 0.1) is 0 Å². The number of carbonyl (C=O) groups excluding carboxylic acids is 1. The molecule has 5 nitrogen and oxygen atoms in total. The summed E-state index contributed by atoms with van der Waals surface area (Å²) in [6, 6.07) is 3.65. The molecule has 0 saturated heterocycles. The van der Waals surface area contributed by atoms with Gasteiger partial charge in [-0.05, 0) is 29.8 Å². The van der Waals surface area contributed by atoms with Gasteiger partial charge in [-0.1, -0.05) is 23.2 Å². The molecule has 0 aliphatic rings. The minimum absolute atomic E-state index is 0.0627. The van der Waals surface area contributed by atoms with Gasteiger partial charge >= 0.3 is 5.97 Å². The van der Waals surface area contributed by atoms with Crippen molar-refractivity contribution in [3.8, 4) is 0 Å². The summed E-state index contributed by atoms with van der Waals surface area (Å²) < 4.78 is 0. The van der Waals surface area contributed by atoms with E-state index in [0.29, 0.717) is 15.6 Å². The number of aliphatic carboxylic acids is 1. The summed E-state index contributed by atoms with van der Waals surface area (Å²) in [5, 5.41) is 20.7. The SMILES string of the molecule is O=C(/C=C/c1cc(Cl)ccc1Cl)N[C@H](CCO)C(=O)O. The van der Waals surface area contributed by atoms with E-state index < -0.39 is 17.9 Å². The zero-order valence-corrected chi connectivity index (χ0v) is 11.9. The molecule has 0 aromatic heterocycles. The van der Waals surface area contributed by atoms with E-state index in [2.05, 4.69) is 5.32 Å². The summed E-state index contributed by atoms with van der Waals surface area (Å²) in [5.41, 5.74) is 0.545. The summed E-state index contributed by atoms with van der Waals surface area (Å²) in [5.74, 6) is -1.80. The van der Waals surface area contributed by atoms with Crippen LogP contribution < -0.4 is 5.32 Å². The highest BCUT2D eigenvalue weighted by Crippen LogP contribution is 2.21. The number of rotatable bonds is 6. The van der Waals surface area contributed by atoms with Crippen LogP contribution in [0.3, 0.4) is 0 Å². The van der Waals surface area contributed by atoms with Crippen LogP contribution >= 0.6 is 23.2 Å². The molecule has 3 N–H and O–H groups in total. The number of carbonyl (C=O) groups is 2. The Morgan fingerprint density at radius 2 is 2.05 bits per heavy atom. The highest BCUT2D eigenvalue weighted by molar-refractivity contribution is 6.34. The van der Waals surface area contributed by atoms with Gasteiger partial charge in [-0.2, -0.15) is 0 Å². The fourth-order valence-corrected chi connectivity index (χ4v) is 1.78. The average molecular weight is 318 g/mol. The van der Waals surface area contributed by atoms with E-state index in [-0.39, 0.29) is 13.0 Å². The quantitative estimate of drug-likeness (QED) is 0.700. The van der Waals surface area contributed by atoms with Gasteiger partial charge in [0.15, 0.2) is 0 Å². The van der Waals surface area contributed by atoms with Crippen LogP contribution in [-0.4, -0.2) is 34.7 Å². The number of carboxylic acid groups (broad SMARTS) is 1. The van der Waals surface area contributed by atoms with Gasteiger partial charge in [0.05, 0.1) is 0 Å². The fourth-order valence-electron chi connectivity index (χ4n) is 1.41. The highest BCUT2D eigenvalue weighted by atomic mass is 35.5. The first-order valence-electron chi connectivity index (χ1n) is 5.71. The molecule has 1 amide bonds. The lowest BCUT2D eigenvalue weighted by molar-refractivity contribution is -0.141. The molecule has 1 aromatic rings. The second-order valence-electron chi connectivity index (χ2n) is 3.91. The summed E-state index contributed by atoms with van der Waals surface area (Å²) in [4.78, 5) is 22.4. The molecule has 0 aliphatic carbocycles. The number of hydrogen-bond donors (Lipinski definition) is 3. The Morgan fingerprint density at radius 3 is 2.65 bits per heavy atom. The Labute approximate surface area is 125 Å². The Bertz CT molecular complexity index is 531. The largest absolute Gasteiger partial charge is 0.480 e. The standard InChI is InChI=1S/C13H13Cl2NO4/c14-9-2-3-10(15)8(7-9)1-4-12(18)16-11(5-6-17)13(19)20/h1-4,7,11,17H,5-6H2,(H,16,18)(H,19,20)/b4-1+/t11-/m1/s1. The molecule has 0 heterocycles. The normalized spacial score (nSPS) is 12.3. The van der Waals surface area contributed by atoms with Crippen molar-refractivity contribution < 1.29 is 19.8 Å². The van der Waals surface area contributed by atoms with Crippen molar-refractivity contribution in [2.24, 2.45) is 0 Å². The maximum atomic E-state index is 11.6. The second-order valence-corrected chi connectivity index (χ2v) is 4.75. The molecule has 1 atom stereocenters. The molecule has 1 aromatic carbocycles. The monoisotopic (exact) mass is 317 g/mol. The molecule has 108 valence electrons. The number of amides is 1. The van der Waals surface area contributed by atoms with Crippen molar-refractivity contribution in [1.29, 1.82) is 0 Å². The molecular formula is C13H13Cl2NO4. The van der Waals surface area contributed by atoms with Gasteiger partial charge in [0.25, 0.3) is 0 Å². The molecule has 1 rings (SSSR count). The molecule has 0 saturated carbocycles. The lowest BCUT2D eigenvalue weighted by atomic mass is 10.2. The summed E-state index contributed by atoms with van der Waals surface area (Å²) in [7, 11) is 0. The van der Waals surface area contributed by atoms with Crippen LogP contribution in [0.25, 0.3) is 6.08 Å². The van der Waals surface area contributed by atoms with E-state index in [0.717, 1.165) is 6.08 Å². The van der Waals surface area contributed by atoms with E-state index in [1.54, 1.807) is 18.2 Å². The lowest BCUT2D eigenvalue weighted by Crippen LogP contribution is -2.40. The number of aliphatic hydroxyl groups is 1. The van der Waals surface area contributed by atoms with Crippen LogP contribution in [0.2, 0.25) is 10.0 Å². The zero-order valence-electron chi connectivity index (χ0n) is 10.3. The summed E-state index contributed by atoms with van der Waals surface area (Å²) in [6.07, 6.45) is 2.53. The summed E-state index contributed by atoms with van der Waals surface area (Å²) in [6.45, 7) is -0.332. The Hall–Kier alpha value is -1.56. The third-order valence-electron chi connectivity index (χ3n) is 2.40. The molecule has 20 heavy (non-hydrogen) atoms. The minimum atomic E-state index is -1.21. The van der Waals surface area contributed by atoms with Gasteiger partial charge < -0.3 is 15.5 Å². The van der Waals surface area contributed by atoms with Gasteiger partial charge in [0, 0.05) is 29.1 Å². The molecule has 0 bridgehead atoms. The predicted molar refractivity (Wildman–Crippen MR) is 76.8 cm³/mol. The minimum Gasteiger partial charge on any atom is -0.480 e. The molecule has 0 unspecified atom stereocenters. The molecule has 0 aliphatic heterocycles. The van der Waals surface area contributed by atoms with Crippen molar-refractivity contribution in [1.82, 2.24) is 5.32 Å². The van der Waals surface area contributed by atoms with Crippen LogP contribution in [0.1, 0.15) is 12.0 Å². The first kappa shape index (κ1) is 16.5. The van der Waals surface area contributed by atoms with E-state index >= 15 is 0 Å². The first-order chi connectivity index (χ1) is 9.43. The van der Waals surface area contributed by atoms with E-state index in [1.165, 1.54) is 6.08 Å². The number of hydrogen-bond acceptors (Lipinski definition) is 3. The second kappa shape index (κ2) is 7.89. The lowest BCUT2D eigenvalue weighted by Gasteiger charge is -2.11. The van der Waals surface area contributed by atoms with Gasteiger partial charge in [-0.25, -0.2) is 4.79 Å². The number of aliphatic hydroxyl groups excluding tert-OH is 1. The predicted octanol–water partition coefficient (Wildman–Crippen LogP) is 1.96. The fraction of sp³-hybridized carbons (Fsp3) is 0.231. The smallest absolute Gasteiger partial charge is 0.326 e. The summed E-state index contributed by atoms with van der Waals surface area (Å²) >= 11 is 11.7. The number of halogens is 2. The average Bonchev–Trinajstić information content (AvgIpc) is 2.39. The van der Waals surface area contributed by atoms with Gasteiger partial charge in [0.1, 0.15) is 6.04 Å². The molecule has 0 radical (unpaired) electrons.